The topological polar surface area (TPSA) is 138 Å². The molecule has 3 aromatic heterocycles. The van der Waals surface area contributed by atoms with Crippen LogP contribution in [0.15, 0.2) is 34.9 Å². The first kappa shape index (κ1) is 24.0. The van der Waals surface area contributed by atoms with E-state index in [9.17, 15) is 22.8 Å². The van der Waals surface area contributed by atoms with Crippen LogP contribution in [0.1, 0.15) is 32.3 Å². The molecular formula is C21H16ClF3N6O4. The zero-order valence-corrected chi connectivity index (χ0v) is 18.9. The number of halogens is 4. The Hall–Kier alpha value is -4.13. The number of oxazole rings is 1. The fraction of sp³-hybridized carbons (Fsp3) is 0.190. The van der Waals surface area contributed by atoms with E-state index in [0.29, 0.717) is 22.6 Å². The normalized spacial score (nSPS) is 11.6. The first-order chi connectivity index (χ1) is 16.4. The predicted molar refractivity (Wildman–Crippen MR) is 118 cm³/mol. The molecule has 4 rings (SSSR count). The molecule has 2 amide bonds. The molecular weight excluding hydrogens is 493 g/mol. The molecule has 0 saturated carbocycles. The van der Waals surface area contributed by atoms with Crippen molar-refractivity contribution in [3.05, 3.63) is 58.2 Å². The quantitative estimate of drug-likeness (QED) is 0.402. The Kier molecular flexibility index (Phi) is 6.11. The number of pyridine rings is 1. The first-order valence-electron chi connectivity index (χ1n) is 9.87. The number of aromatic nitrogens is 4. The summed E-state index contributed by atoms with van der Waals surface area (Å²) in [5.74, 6) is -1.91. The molecule has 0 bridgehead atoms. The number of nitrogens with one attached hydrogen (secondary N) is 1. The van der Waals surface area contributed by atoms with Crippen molar-refractivity contribution in [2.45, 2.75) is 20.0 Å². The second-order valence-corrected chi connectivity index (χ2v) is 7.72. The average Bonchev–Trinajstić information content (AvgIpc) is 3.37. The Bertz CT molecular complexity index is 1460. The fourth-order valence-electron chi connectivity index (χ4n) is 3.31. The first-order valence-corrected chi connectivity index (χ1v) is 10.2. The molecule has 3 heterocycles. The monoisotopic (exact) mass is 508 g/mol. The molecule has 0 radical (unpaired) electrons. The smallest absolute Gasteiger partial charge is 0.422 e. The summed E-state index contributed by atoms with van der Waals surface area (Å²) in [4.78, 5) is 33.6. The van der Waals surface area contributed by atoms with Gasteiger partial charge < -0.3 is 20.2 Å². The number of nitrogens with zero attached hydrogens (tertiary/aromatic N) is 4. The minimum atomic E-state index is -4.63. The van der Waals surface area contributed by atoms with Crippen LogP contribution in [-0.2, 0) is 0 Å². The van der Waals surface area contributed by atoms with Crippen LogP contribution in [0.25, 0.3) is 16.9 Å². The summed E-state index contributed by atoms with van der Waals surface area (Å²) in [6, 6.07) is 5.33. The zero-order valence-electron chi connectivity index (χ0n) is 18.1. The Morgan fingerprint density at radius 1 is 1.29 bits per heavy atom. The molecule has 0 aliphatic carbocycles. The van der Waals surface area contributed by atoms with Gasteiger partial charge in [-0.25, -0.2) is 14.6 Å². The lowest BCUT2D eigenvalue weighted by Gasteiger charge is -2.13. The number of carbonyl (C=O) groups is 2. The van der Waals surface area contributed by atoms with Crippen molar-refractivity contribution in [1.82, 2.24) is 19.7 Å². The van der Waals surface area contributed by atoms with Crippen molar-refractivity contribution in [3.63, 3.8) is 0 Å². The van der Waals surface area contributed by atoms with Crippen LogP contribution >= 0.6 is 11.6 Å². The third-order valence-corrected chi connectivity index (χ3v) is 5.07. The predicted octanol–water partition coefficient (Wildman–Crippen LogP) is 3.97. The molecule has 0 aliphatic heterocycles. The third-order valence-electron chi connectivity index (χ3n) is 4.77. The number of hydrogen-bond donors (Lipinski definition) is 2. The molecule has 3 N–H and O–H groups in total. The summed E-state index contributed by atoms with van der Waals surface area (Å²) < 4.78 is 49.1. The van der Waals surface area contributed by atoms with Crippen molar-refractivity contribution < 1.29 is 31.9 Å². The van der Waals surface area contributed by atoms with Crippen LogP contribution < -0.4 is 15.8 Å². The lowest BCUT2D eigenvalue weighted by atomic mass is 10.1. The van der Waals surface area contributed by atoms with Gasteiger partial charge in [-0.2, -0.15) is 13.2 Å². The van der Waals surface area contributed by atoms with Gasteiger partial charge in [-0.15, -0.1) is 5.10 Å². The maximum absolute atomic E-state index is 13.3. The summed E-state index contributed by atoms with van der Waals surface area (Å²) in [6.07, 6.45) is -3.27. The number of aryl methyl sites for hydroxylation is 2. The zero-order chi connectivity index (χ0) is 25.5. The summed E-state index contributed by atoms with van der Waals surface area (Å²) in [5, 5.41) is 6.53. The molecule has 0 aliphatic rings. The van der Waals surface area contributed by atoms with Crippen LogP contribution in [0.4, 0.5) is 18.9 Å². The van der Waals surface area contributed by atoms with E-state index in [-0.39, 0.29) is 27.8 Å². The lowest BCUT2D eigenvalue weighted by Crippen LogP contribution is -2.22. The highest BCUT2D eigenvalue weighted by molar-refractivity contribution is 6.32. The summed E-state index contributed by atoms with van der Waals surface area (Å²) in [6.45, 7) is 1.56. The van der Waals surface area contributed by atoms with E-state index in [1.54, 1.807) is 13.8 Å². The van der Waals surface area contributed by atoms with E-state index in [4.69, 9.17) is 26.5 Å². The molecule has 10 nitrogen and oxygen atoms in total. The highest BCUT2D eigenvalue weighted by Crippen LogP contribution is 2.31. The van der Waals surface area contributed by atoms with Gasteiger partial charge in [0.05, 0.1) is 16.3 Å². The molecule has 4 aromatic rings. The lowest BCUT2D eigenvalue weighted by molar-refractivity contribution is -0.154. The highest BCUT2D eigenvalue weighted by atomic mass is 35.5. The summed E-state index contributed by atoms with van der Waals surface area (Å²) >= 11 is 6.16. The second kappa shape index (κ2) is 8.91. The second-order valence-electron chi connectivity index (χ2n) is 7.32. The molecule has 1 aromatic carbocycles. The largest absolute Gasteiger partial charge is 0.467 e. The number of anilines is 1. The number of alkyl halides is 3. The number of fused-ring (bicyclic) bond motifs is 1. The number of rotatable bonds is 6. The number of carbonyl (C=O) groups excluding carboxylic acids is 2. The van der Waals surface area contributed by atoms with Crippen LogP contribution in [-0.4, -0.2) is 44.3 Å². The minimum absolute atomic E-state index is 0.0313. The van der Waals surface area contributed by atoms with Gasteiger partial charge in [0, 0.05) is 24.8 Å². The van der Waals surface area contributed by atoms with Crippen LogP contribution in [0.5, 0.6) is 5.88 Å². The number of nitrogens with two attached hydrogens (primary N) is 1. The van der Waals surface area contributed by atoms with Crippen LogP contribution in [0.2, 0.25) is 5.02 Å². The van der Waals surface area contributed by atoms with Crippen molar-refractivity contribution in [2.75, 3.05) is 11.9 Å². The van der Waals surface area contributed by atoms with Gasteiger partial charge in [0.2, 0.25) is 5.88 Å². The number of hydrogen-bond acceptors (Lipinski definition) is 7. The Morgan fingerprint density at radius 3 is 2.69 bits per heavy atom. The van der Waals surface area contributed by atoms with Crippen molar-refractivity contribution in [3.8, 4) is 11.7 Å². The van der Waals surface area contributed by atoms with Crippen molar-refractivity contribution in [1.29, 1.82) is 0 Å². The Morgan fingerprint density at radius 2 is 2.03 bits per heavy atom. The van der Waals surface area contributed by atoms with Gasteiger partial charge >= 0.3 is 6.18 Å². The molecule has 0 spiro atoms. The Labute approximate surface area is 199 Å². The molecule has 182 valence electrons. The van der Waals surface area contributed by atoms with Gasteiger partial charge in [0.15, 0.2) is 23.9 Å². The Balaban J connectivity index is 1.79. The number of primary amides is 1. The van der Waals surface area contributed by atoms with Crippen LogP contribution in [0, 0.1) is 13.8 Å². The molecule has 14 heteroatoms. The minimum Gasteiger partial charge on any atom is -0.467 e. The van der Waals surface area contributed by atoms with E-state index in [0.717, 1.165) is 10.7 Å². The SMILES string of the molecule is Cc1nc2cc(C(N)=O)c(NC(=O)c3cc(OCC(F)(F)F)nn3-c3ncccc3Cl)c(C)c2o1. The van der Waals surface area contributed by atoms with E-state index in [1.165, 1.54) is 24.4 Å². The maximum atomic E-state index is 13.3. The molecule has 0 saturated heterocycles. The molecule has 0 unspecified atom stereocenters. The number of amides is 2. The van der Waals surface area contributed by atoms with Crippen LogP contribution in [0.3, 0.4) is 0 Å². The third kappa shape index (κ3) is 4.89. The van der Waals surface area contributed by atoms with E-state index in [1.807, 2.05) is 0 Å². The van der Waals surface area contributed by atoms with Gasteiger partial charge in [-0.3, -0.25) is 9.59 Å². The van der Waals surface area contributed by atoms with E-state index >= 15 is 0 Å². The molecule has 35 heavy (non-hydrogen) atoms. The molecule has 0 fully saturated rings. The standard InChI is InChI=1S/C21H16ClF3N6O4/c1-9-16(11(18(26)32)6-13-17(9)35-10(2)28-13)29-20(33)14-7-15(34-8-21(23,24)25)30-31(14)19-12(22)4-3-5-27-19/h3-7H,8H2,1-2H3,(H2,26,32)(H,29,33). The number of benzene rings is 1. The van der Waals surface area contributed by atoms with Crippen molar-refractivity contribution >= 4 is 40.2 Å². The van der Waals surface area contributed by atoms with Crippen molar-refractivity contribution in [2.24, 2.45) is 5.73 Å². The highest BCUT2D eigenvalue weighted by Gasteiger charge is 2.30. The summed E-state index contributed by atoms with van der Waals surface area (Å²) in [7, 11) is 0. The van der Waals surface area contributed by atoms with Gasteiger partial charge in [0.1, 0.15) is 11.2 Å². The fourth-order valence-corrected chi connectivity index (χ4v) is 3.51. The maximum Gasteiger partial charge on any atom is 0.422 e. The molecule has 0 atom stereocenters. The van der Waals surface area contributed by atoms with Gasteiger partial charge in [-0.1, -0.05) is 11.6 Å². The van der Waals surface area contributed by atoms with Gasteiger partial charge in [0.25, 0.3) is 11.8 Å². The van der Waals surface area contributed by atoms with Gasteiger partial charge in [-0.05, 0) is 25.1 Å². The average molecular weight is 509 g/mol. The van der Waals surface area contributed by atoms with E-state index < -0.39 is 30.5 Å². The number of ether oxygens (including phenoxy) is 1. The summed E-state index contributed by atoms with van der Waals surface area (Å²) in [5.41, 5.74) is 6.25. The van der Waals surface area contributed by atoms with E-state index in [2.05, 4.69) is 20.4 Å².